The molecule has 0 aliphatic carbocycles. The van der Waals surface area contributed by atoms with Crippen LogP contribution in [-0.2, 0) is 0 Å². The number of hydrogen-bond acceptors (Lipinski definition) is 5. The summed E-state index contributed by atoms with van der Waals surface area (Å²) in [5.74, 6) is 6.86. The number of phenols is 1. The van der Waals surface area contributed by atoms with E-state index in [1.54, 1.807) is 31.4 Å². The van der Waals surface area contributed by atoms with Gasteiger partial charge >= 0.3 is 5.97 Å². The molecule has 1 N–H and O–H groups in total. The second-order valence-electron chi connectivity index (χ2n) is 5.78. The van der Waals surface area contributed by atoms with E-state index in [-0.39, 0.29) is 17.2 Å². The van der Waals surface area contributed by atoms with Crippen molar-refractivity contribution in [3.05, 3.63) is 83.4 Å². The van der Waals surface area contributed by atoms with Gasteiger partial charge in [-0.15, -0.1) is 0 Å². The van der Waals surface area contributed by atoms with Crippen molar-refractivity contribution in [3.8, 4) is 34.8 Å². The van der Waals surface area contributed by atoms with Gasteiger partial charge < -0.3 is 19.3 Å². The number of rotatable bonds is 4. The number of esters is 1. The van der Waals surface area contributed by atoms with E-state index < -0.39 is 5.97 Å². The minimum atomic E-state index is -0.512. The van der Waals surface area contributed by atoms with Gasteiger partial charge in [0.15, 0.2) is 11.5 Å². The van der Waals surface area contributed by atoms with Crippen molar-refractivity contribution in [3.63, 3.8) is 0 Å². The zero-order chi connectivity index (χ0) is 19.9. The highest BCUT2D eigenvalue weighted by molar-refractivity contribution is 5.91. The normalized spacial score (nSPS) is 9.79. The van der Waals surface area contributed by atoms with Gasteiger partial charge in [-0.1, -0.05) is 11.8 Å². The molecule has 0 heterocycles. The van der Waals surface area contributed by atoms with Crippen LogP contribution in [-0.4, -0.2) is 25.3 Å². The zero-order valence-electron chi connectivity index (χ0n) is 15.4. The largest absolute Gasteiger partial charge is 0.504 e. The van der Waals surface area contributed by atoms with Crippen molar-refractivity contribution in [1.82, 2.24) is 0 Å². The maximum atomic E-state index is 12.3. The Labute approximate surface area is 163 Å². The molecule has 0 fully saturated rings. The van der Waals surface area contributed by atoms with E-state index in [9.17, 15) is 9.90 Å². The lowest BCUT2D eigenvalue weighted by Crippen LogP contribution is -2.08. The third kappa shape index (κ3) is 4.63. The molecule has 0 amide bonds. The first-order chi connectivity index (χ1) is 13.6. The molecule has 28 heavy (non-hydrogen) atoms. The second kappa shape index (κ2) is 8.65. The van der Waals surface area contributed by atoms with E-state index in [1.807, 2.05) is 24.3 Å². The second-order valence-corrected chi connectivity index (χ2v) is 5.78. The van der Waals surface area contributed by atoms with Gasteiger partial charge in [-0.05, 0) is 60.7 Å². The highest BCUT2D eigenvalue weighted by atomic mass is 16.5. The standard InChI is InChI=1S/C23H18O5/c1-26-19-11-7-17(8-12-19)4-3-16-5-9-18(10-6-16)23(25)28-20-13-14-21(24)22(15-20)27-2/h5-15,24H,1-2H3. The van der Waals surface area contributed by atoms with Gasteiger partial charge in [0.25, 0.3) is 0 Å². The molecule has 5 heteroatoms. The van der Waals surface area contributed by atoms with Crippen LogP contribution in [0, 0.1) is 11.8 Å². The van der Waals surface area contributed by atoms with E-state index in [1.165, 1.54) is 25.3 Å². The minimum Gasteiger partial charge on any atom is -0.504 e. The van der Waals surface area contributed by atoms with E-state index in [0.717, 1.165) is 16.9 Å². The topological polar surface area (TPSA) is 65.0 Å². The molecule has 0 spiro atoms. The summed E-state index contributed by atoms with van der Waals surface area (Å²) in [6, 6.07) is 18.6. The van der Waals surface area contributed by atoms with Crippen LogP contribution in [0.25, 0.3) is 0 Å². The van der Waals surface area contributed by atoms with Crippen LogP contribution < -0.4 is 14.2 Å². The first kappa shape index (κ1) is 18.9. The number of hydrogen-bond donors (Lipinski definition) is 1. The number of phenolic OH excluding ortho intramolecular Hbond substituents is 1. The maximum absolute atomic E-state index is 12.3. The molecule has 0 atom stereocenters. The number of carbonyl (C=O) groups excluding carboxylic acids is 1. The van der Waals surface area contributed by atoms with Gasteiger partial charge in [0.05, 0.1) is 19.8 Å². The van der Waals surface area contributed by atoms with Crippen molar-refractivity contribution >= 4 is 5.97 Å². The lowest BCUT2D eigenvalue weighted by Gasteiger charge is -2.07. The van der Waals surface area contributed by atoms with Gasteiger partial charge in [-0.3, -0.25) is 0 Å². The number of methoxy groups -OCH3 is 2. The third-order valence-corrected chi connectivity index (χ3v) is 3.92. The molecule has 0 aromatic heterocycles. The highest BCUT2D eigenvalue weighted by Gasteiger charge is 2.10. The number of carbonyl (C=O) groups is 1. The van der Waals surface area contributed by atoms with E-state index in [4.69, 9.17) is 14.2 Å². The summed E-state index contributed by atoms with van der Waals surface area (Å²) in [6.45, 7) is 0. The smallest absolute Gasteiger partial charge is 0.343 e. The van der Waals surface area contributed by atoms with E-state index in [0.29, 0.717) is 5.56 Å². The Morgan fingerprint density at radius 3 is 1.93 bits per heavy atom. The number of benzene rings is 3. The monoisotopic (exact) mass is 374 g/mol. The van der Waals surface area contributed by atoms with Gasteiger partial charge in [-0.25, -0.2) is 4.79 Å². The average Bonchev–Trinajstić information content (AvgIpc) is 2.74. The minimum absolute atomic E-state index is 0.0258. The molecule has 0 saturated carbocycles. The first-order valence-electron chi connectivity index (χ1n) is 8.44. The van der Waals surface area contributed by atoms with Gasteiger partial charge in [-0.2, -0.15) is 0 Å². The van der Waals surface area contributed by atoms with Crippen LogP contribution in [0.3, 0.4) is 0 Å². The molecule has 0 radical (unpaired) electrons. The summed E-state index contributed by atoms with van der Waals surface area (Å²) in [5, 5.41) is 9.59. The Bertz CT molecular complexity index is 1030. The molecule has 5 nitrogen and oxygen atoms in total. The van der Waals surface area contributed by atoms with Crippen LogP contribution >= 0.6 is 0 Å². The average molecular weight is 374 g/mol. The van der Waals surface area contributed by atoms with Crippen molar-refractivity contribution in [2.75, 3.05) is 14.2 Å². The molecule has 0 unspecified atom stereocenters. The van der Waals surface area contributed by atoms with Crippen LogP contribution in [0.4, 0.5) is 0 Å². The fraction of sp³-hybridized carbons (Fsp3) is 0.0870. The Balaban J connectivity index is 1.68. The fourth-order valence-electron chi connectivity index (χ4n) is 2.40. The van der Waals surface area contributed by atoms with E-state index in [2.05, 4.69) is 11.8 Å². The zero-order valence-corrected chi connectivity index (χ0v) is 15.4. The molecule has 0 aliphatic rings. The third-order valence-electron chi connectivity index (χ3n) is 3.92. The Morgan fingerprint density at radius 1 is 0.786 bits per heavy atom. The fourth-order valence-corrected chi connectivity index (χ4v) is 2.40. The van der Waals surface area contributed by atoms with Crippen molar-refractivity contribution in [2.24, 2.45) is 0 Å². The summed E-state index contributed by atoms with van der Waals surface area (Å²) >= 11 is 0. The van der Waals surface area contributed by atoms with Crippen LogP contribution in [0.2, 0.25) is 0 Å². The van der Waals surface area contributed by atoms with Crippen molar-refractivity contribution < 1.29 is 24.1 Å². The summed E-state index contributed by atoms with van der Waals surface area (Å²) < 4.78 is 15.4. The predicted octanol–water partition coefficient (Wildman–Crippen LogP) is 4.03. The molecule has 0 aliphatic heterocycles. The number of ether oxygens (including phenoxy) is 3. The maximum Gasteiger partial charge on any atom is 0.343 e. The van der Waals surface area contributed by atoms with Gasteiger partial charge in [0.2, 0.25) is 0 Å². The predicted molar refractivity (Wildman–Crippen MR) is 105 cm³/mol. The summed E-state index contributed by atoms with van der Waals surface area (Å²) in [4.78, 5) is 12.3. The lowest BCUT2D eigenvalue weighted by atomic mass is 10.1. The summed E-state index contributed by atoms with van der Waals surface area (Å²) in [6.07, 6.45) is 0. The SMILES string of the molecule is COc1ccc(C#Cc2ccc(C(=O)Oc3ccc(O)c(OC)c3)cc2)cc1. The summed E-state index contributed by atoms with van der Waals surface area (Å²) in [7, 11) is 3.04. The quantitative estimate of drug-likeness (QED) is 0.424. The molecule has 3 rings (SSSR count). The first-order valence-corrected chi connectivity index (χ1v) is 8.44. The molecule has 0 bridgehead atoms. The molecular formula is C23H18O5. The van der Waals surface area contributed by atoms with Crippen LogP contribution in [0.1, 0.15) is 21.5 Å². The van der Waals surface area contributed by atoms with Crippen LogP contribution in [0.5, 0.6) is 23.0 Å². The van der Waals surface area contributed by atoms with Gasteiger partial charge in [0, 0.05) is 17.2 Å². The van der Waals surface area contributed by atoms with E-state index >= 15 is 0 Å². The molecule has 140 valence electrons. The lowest BCUT2D eigenvalue weighted by molar-refractivity contribution is 0.0734. The highest BCUT2D eigenvalue weighted by Crippen LogP contribution is 2.30. The Hall–Kier alpha value is -3.91. The summed E-state index contributed by atoms with van der Waals surface area (Å²) in [5.41, 5.74) is 2.03. The van der Waals surface area contributed by atoms with Crippen molar-refractivity contribution in [2.45, 2.75) is 0 Å². The van der Waals surface area contributed by atoms with Crippen LogP contribution in [0.15, 0.2) is 66.7 Å². The Morgan fingerprint density at radius 2 is 1.36 bits per heavy atom. The molecule has 3 aromatic rings. The molecular weight excluding hydrogens is 356 g/mol. The number of aromatic hydroxyl groups is 1. The van der Waals surface area contributed by atoms with Gasteiger partial charge in [0.1, 0.15) is 11.5 Å². The molecule has 3 aromatic carbocycles. The molecule has 0 saturated heterocycles. The van der Waals surface area contributed by atoms with Crippen molar-refractivity contribution in [1.29, 1.82) is 0 Å². The Kier molecular flexibility index (Phi) is 5.83.